The molecule has 130 valence electrons. The lowest BCUT2D eigenvalue weighted by atomic mass is 9.89. The van der Waals surface area contributed by atoms with Gasteiger partial charge in [-0.05, 0) is 24.5 Å². The highest BCUT2D eigenvalue weighted by molar-refractivity contribution is 5.99. The van der Waals surface area contributed by atoms with Gasteiger partial charge in [0, 0.05) is 17.2 Å². The van der Waals surface area contributed by atoms with E-state index in [1.54, 1.807) is 0 Å². The zero-order chi connectivity index (χ0) is 18.3. The van der Waals surface area contributed by atoms with Crippen LogP contribution < -0.4 is 16.7 Å². The van der Waals surface area contributed by atoms with Gasteiger partial charge in [0.05, 0.1) is 5.69 Å². The first-order chi connectivity index (χ1) is 12.5. The zero-order valence-electron chi connectivity index (χ0n) is 13.7. The number of amides is 2. The third-order valence-electron chi connectivity index (χ3n) is 4.35. The lowest BCUT2D eigenvalue weighted by molar-refractivity contribution is 0.0981. The second kappa shape index (κ2) is 5.99. The maximum Gasteiger partial charge on any atom is 0.287 e. The number of benzene rings is 1. The fraction of sp³-hybridized carbons (Fsp3) is 0.111. The summed E-state index contributed by atoms with van der Waals surface area (Å²) in [5.41, 5.74) is 11.2. The van der Waals surface area contributed by atoms with E-state index in [0.717, 1.165) is 17.5 Å². The molecule has 0 unspecified atom stereocenters. The van der Waals surface area contributed by atoms with Gasteiger partial charge in [0.15, 0.2) is 5.69 Å². The minimum Gasteiger partial charge on any atom is -0.364 e. The van der Waals surface area contributed by atoms with Gasteiger partial charge in [0.25, 0.3) is 11.8 Å². The molecule has 8 nitrogen and oxygen atoms in total. The van der Waals surface area contributed by atoms with E-state index < -0.39 is 11.8 Å². The summed E-state index contributed by atoms with van der Waals surface area (Å²) in [7, 11) is 0. The molecule has 0 aliphatic heterocycles. The standard InChI is InChI=1S/C18H15N5O3/c19-17(25)15-12-9-8-10-4-1-2-5-11(10)16(12)23(21-15)22-18(26)13-6-3-7-14(24)20-13/h1-7H,8-9H2,(H2,19,25)(H,20,24)(H,22,26). The third-order valence-corrected chi connectivity index (χ3v) is 4.35. The fourth-order valence-corrected chi connectivity index (χ4v) is 3.21. The number of rotatable bonds is 3. The van der Waals surface area contributed by atoms with E-state index in [9.17, 15) is 14.4 Å². The van der Waals surface area contributed by atoms with Gasteiger partial charge in [-0.15, -0.1) is 5.10 Å². The first-order valence-corrected chi connectivity index (χ1v) is 8.05. The van der Waals surface area contributed by atoms with Gasteiger partial charge in [-0.3, -0.25) is 14.4 Å². The van der Waals surface area contributed by atoms with Crippen molar-refractivity contribution in [3.8, 4) is 11.3 Å². The molecule has 0 saturated heterocycles. The molecule has 3 aromatic rings. The van der Waals surface area contributed by atoms with Crippen molar-refractivity contribution in [3.63, 3.8) is 0 Å². The van der Waals surface area contributed by atoms with Gasteiger partial charge in [0.2, 0.25) is 5.56 Å². The van der Waals surface area contributed by atoms with Gasteiger partial charge in [-0.1, -0.05) is 30.3 Å². The van der Waals surface area contributed by atoms with Crippen LogP contribution in [0.4, 0.5) is 0 Å². The van der Waals surface area contributed by atoms with Crippen LogP contribution in [-0.2, 0) is 12.8 Å². The van der Waals surface area contributed by atoms with Crippen LogP contribution in [0.2, 0.25) is 0 Å². The van der Waals surface area contributed by atoms with Crippen molar-refractivity contribution < 1.29 is 9.59 Å². The summed E-state index contributed by atoms with van der Waals surface area (Å²) < 4.78 is 0. The zero-order valence-corrected chi connectivity index (χ0v) is 13.7. The lowest BCUT2D eigenvalue weighted by Gasteiger charge is -2.18. The highest BCUT2D eigenvalue weighted by Crippen LogP contribution is 2.34. The first-order valence-electron chi connectivity index (χ1n) is 8.05. The molecule has 0 radical (unpaired) electrons. The Bertz CT molecular complexity index is 1100. The number of nitrogens with one attached hydrogen (secondary N) is 2. The second-order valence-electron chi connectivity index (χ2n) is 5.98. The fourth-order valence-electron chi connectivity index (χ4n) is 3.21. The Labute approximate surface area is 147 Å². The Morgan fingerprint density at radius 3 is 2.69 bits per heavy atom. The lowest BCUT2D eigenvalue weighted by Crippen LogP contribution is -2.27. The predicted octanol–water partition coefficient (Wildman–Crippen LogP) is 0.820. The van der Waals surface area contributed by atoms with E-state index in [2.05, 4.69) is 15.5 Å². The molecular formula is C18H15N5O3. The van der Waals surface area contributed by atoms with E-state index in [-0.39, 0.29) is 16.9 Å². The monoisotopic (exact) mass is 349 g/mol. The highest BCUT2D eigenvalue weighted by atomic mass is 16.2. The molecule has 4 rings (SSSR count). The number of nitrogens with zero attached hydrogens (tertiary/aromatic N) is 2. The number of H-pyrrole nitrogens is 1. The minimum atomic E-state index is -0.651. The van der Waals surface area contributed by atoms with Crippen LogP contribution in [-0.4, -0.2) is 26.7 Å². The summed E-state index contributed by atoms with van der Waals surface area (Å²) in [6.45, 7) is 0. The van der Waals surface area contributed by atoms with Gasteiger partial charge in [-0.25, -0.2) is 5.43 Å². The Morgan fingerprint density at radius 2 is 1.92 bits per heavy atom. The van der Waals surface area contributed by atoms with Crippen molar-refractivity contribution in [2.24, 2.45) is 5.73 Å². The molecule has 1 aromatic carbocycles. The number of nitrogens with two attached hydrogens (primary N) is 1. The Kier molecular flexibility index (Phi) is 3.65. The van der Waals surface area contributed by atoms with Crippen LogP contribution in [0.25, 0.3) is 11.3 Å². The molecule has 4 N–H and O–H groups in total. The summed E-state index contributed by atoms with van der Waals surface area (Å²) in [5, 5.41) is 4.20. The van der Waals surface area contributed by atoms with Crippen molar-refractivity contribution in [1.29, 1.82) is 0 Å². The van der Waals surface area contributed by atoms with Crippen LogP contribution in [0, 0.1) is 0 Å². The number of hydrogen-bond donors (Lipinski definition) is 3. The first kappa shape index (κ1) is 15.8. The molecule has 1 aliphatic carbocycles. The number of aromatic nitrogens is 3. The number of aryl methyl sites for hydroxylation is 1. The van der Waals surface area contributed by atoms with Gasteiger partial charge < -0.3 is 10.7 Å². The van der Waals surface area contributed by atoms with E-state index in [1.807, 2.05) is 24.3 Å². The number of aromatic amines is 1. The molecule has 2 heterocycles. The maximum atomic E-state index is 12.5. The maximum absolute atomic E-state index is 12.5. The topological polar surface area (TPSA) is 123 Å². The number of fused-ring (bicyclic) bond motifs is 3. The number of primary amides is 1. The number of hydrogen-bond acceptors (Lipinski definition) is 4. The van der Waals surface area contributed by atoms with Crippen LogP contribution in [0.5, 0.6) is 0 Å². The van der Waals surface area contributed by atoms with Crippen molar-refractivity contribution in [3.05, 3.63) is 75.3 Å². The Balaban J connectivity index is 1.82. The van der Waals surface area contributed by atoms with E-state index >= 15 is 0 Å². The van der Waals surface area contributed by atoms with Crippen LogP contribution >= 0.6 is 0 Å². The summed E-state index contributed by atoms with van der Waals surface area (Å²) in [6.07, 6.45) is 1.36. The predicted molar refractivity (Wildman–Crippen MR) is 94.3 cm³/mol. The highest BCUT2D eigenvalue weighted by Gasteiger charge is 2.28. The smallest absolute Gasteiger partial charge is 0.287 e. The Hall–Kier alpha value is -3.68. The molecule has 26 heavy (non-hydrogen) atoms. The SMILES string of the molecule is NC(=O)c1nn(NC(=O)c2cccc(=O)[nH]2)c2c1CCc1ccccc1-2. The number of carbonyl (C=O) groups is 2. The largest absolute Gasteiger partial charge is 0.364 e. The average Bonchev–Trinajstić information content (AvgIpc) is 3.01. The van der Waals surface area contributed by atoms with Gasteiger partial charge in [0.1, 0.15) is 5.69 Å². The number of pyridine rings is 1. The van der Waals surface area contributed by atoms with E-state index in [1.165, 1.54) is 23.0 Å². The molecule has 2 aromatic heterocycles. The molecule has 0 bridgehead atoms. The van der Waals surface area contributed by atoms with Crippen molar-refractivity contribution >= 4 is 11.8 Å². The van der Waals surface area contributed by atoms with Crippen LogP contribution in [0.15, 0.2) is 47.3 Å². The molecule has 1 aliphatic rings. The molecule has 8 heteroatoms. The molecule has 0 saturated carbocycles. The normalized spacial score (nSPS) is 12.2. The number of carbonyl (C=O) groups excluding carboxylic acids is 2. The molecule has 2 amide bonds. The molecule has 0 atom stereocenters. The van der Waals surface area contributed by atoms with Crippen LogP contribution in [0.1, 0.15) is 32.1 Å². The Morgan fingerprint density at radius 1 is 1.12 bits per heavy atom. The van der Waals surface area contributed by atoms with E-state index in [4.69, 9.17) is 5.73 Å². The van der Waals surface area contributed by atoms with Gasteiger partial charge in [-0.2, -0.15) is 4.79 Å². The quantitative estimate of drug-likeness (QED) is 0.648. The van der Waals surface area contributed by atoms with Crippen molar-refractivity contribution in [2.45, 2.75) is 12.8 Å². The summed E-state index contributed by atoms with van der Waals surface area (Å²) in [5.74, 6) is -1.20. The molecule has 0 spiro atoms. The van der Waals surface area contributed by atoms with E-state index in [0.29, 0.717) is 17.7 Å². The summed E-state index contributed by atoms with van der Waals surface area (Å²) in [4.78, 5) is 39.4. The molecular weight excluding hydrogens is 334 g/mol. The summed E-state index contributed by atoms with van der Waals surface area (Å²) in [6, 6.07) is 12.0. The van der Waals surface area contributed by atoms with Crippen molar-refractivity contribution in [2.75, 3.05) is 5.43 Å². The second-order valence-corrected chi connectivity index (χ2v) is 5.98. The third kappa shape index (κ3) is 2.57. The minimum absolute atomic E-state index is 0.0893. The molecule has 0 fully saturated rings. The van der Waals surface area contributed by atoms with Crippen molar-refractivity contribution in [1.82, 2.24) is 14.9 Å². The average molecular weight is 349 g/mol. The summed E-state index contributed by atoms with van der Waals surface area (Å²) >= 11 is 0. The van der Waals surface area contributed by atoms with Crippen LogP contribution in [0.3, 0.4) is 0 Å². The van der Waals surface area contributed by atoms with Gasteiger partial charge >= 0.3 is 0 Å².